The van der Waals surface area contributed by atoms with Crippen LogP contribution in [0.5, 0.6) is 5.75 Å². The van der Waals surface area contributed by atoms with Gasteiger partial charge in [-0.2, -0.15) is 5.26 Å². The third-order valence-corrected chi connectivity index (χ3v) is 3.40. The highest BCUT2D eigenvalue weighted by Gasteiger charge is 2.22. The van der Waals surface area contributed by atoms with Crippen molar-refractivity contribution in [2.45, 2.75) is 6.92 Å². The van der Waals surface area contributed by atoms with E-state index in [-0.39, 0.29) is 28.7 Å². The van der Waals surface area contributed by atoms with Crippen LogP contribution in [0.3, 0.4) is 0 Å². The molecule has 22 heavy (non-hydrogen) atoms. The lowest BCUT2D eigenvalue weighted by Gasteiger charge is -2.16. The molecule has 0 spiro atoms. The summed E-state index contributed by atoms with van der Waals surface area (Å²) >= 11 is 6.12. The van der Waals surface area contributed by atoms with Crippen molar-refractivity contribution in [2.75, 3.05) is 13.9 Å². The third kappa shape index (κ3) is 3.11. The zero-order valence-electron chi connectivity index (χ0n) is 12.2. The van der Waals surface area contributed by atoms with Crippen molar-refractivity contribution in [2.24, 2.45) is 0 Å². The van der Waals surface area contributed by atoms with Crippen molar-refractivity contribution in [1.29, 1.82) is 5.26 Å². The lowest BCUT2D eigenvalue weighted by Crippen LogP contribution is -2.07. The van der Waals surface area contributed by atoms with Crippen LogP contribution < -0.4 is 4.74 Å². The van der Waals surface area contributed by atoms with Crippen LogP contribution >= 0.6 is 11.6 Å². The van der Waals surface area contributed by atoms with Crippen LogP contribution in [0.1, 0.15) is 22.8 Å². The molecule has 5 heteroatoms. The lowest BCUT2D eigenvalue weighted by molar-refractivity contribution is 0.0514. The summed E-state index contributed by atoms with van der Waals surface area (Å²) in [7, 11) is 1.50. The standard InChI is InChI=1S/C17H14ClNO3/c1-11(20)16-13(9-19)14(18)8-15(22-10-21-2)17(16)12-6-4-3-5-7-12/h3-8H,10H2,1-2H3. The van der Waals surface area contributed by atoms with Gasteiger partial charge in [0.05, 0.1) is 10.6 Å². The first-order valence-electron chi connectivity index (χ1n) is 6.54. The van der Waals surface area contributed by atoms with E-state index < -0.39 is 0 Å². The summed E-state index contributed by atoms with van der Waals surface area (Å²) < 4.78 is 10.5. The zero-order valence-corrected chi connectivity index (χ0v) is 13.0. The predicted molar refractivity (Wildman–Crippen MR) is 84.1 cm³/mol. The van der Waals surface area contributed by atoms with Gasteiger partial charge in [0.2, 0.25) is 0 Å². The molecule has 112 valence electrons. The number of nitriles is 1. The number of methoxy groups -OCH3 is 1. The second-order valence-electron chi connectivity index (χ2n) is 4.57. The number of rotatable bonds is 5. The second-order valence-corrected chi connectivity index (χ2v) is 4.97. The summed E-state index contributed by atoms with van der Waals surface area (Å²) in [6.07, 6.45) is 0. The van der Waals surface area contributed by atoms with E-state index in [0.717, 1.165) is 5.56 Å². The van der Waals surface area contributed by atoms with Crippen LogP contribution in [-0.4, -0.2) is 19.7 Å². The fraction of sp³-hybridized carbons (Fsp3) is 0.176. The Labute approximate surface area is 133 Å². The van der Waals surface area contributed by atoms with E-state index in [0.29, 0.717) is 11.3 Å². The summed E-state index contributed by atoms with van der Waals surface area (Å²) in [5.74, 6) is 0.155. The molecule has 0 atom stereocenters. The molecule has 0 radical (unpaired) electrons. The maximum Gasteiger partial charge on any atom is 0.188 e. The summed E-state index contributed by atoms with van der Waals surface area (Å²) in [4.78, 5) is 12.1. The summed E-state index contributed by atoms with van der Waals surface area (Å²) in [6, 6.07) is 12.8. The quantitative estimate of drug-likeness (QED) is 0.616. The van der Waals surface area contributed by atoms with Gasteiger partial charge in [0, 0.05) is 24.3 Å². The molecule has 2 rings (SSSR count). The highest BCUT2D eigenvalue weighted by molar-refractivity contribution is 6.33. The number of benzene rings is 2. The molecule has 4 nitrogen and oxygen atoms in total. The Morgan fingerprint density at radius 3 is 2.55 bits per heavy atom. The van der Waals surface area contributed by atoms with Gasteiger partial charge in [-0.15, -0.1) is 0 Å². The normalized spacial score (nSPS) is 10.1. The zero-order chi connectivity index (χ0) is 16.1. The van der Waals surface area contributed by atoms with Crippen molar-refractivity contribution in [3.63, 3.8) is 0 Å². The second kappa shape index (κ2) is 7.08. The Bertz CT molecular complexity index is 736. The first kappa shape index (κ1) is 16.0. The van der Waals surface area contributed by atoms with Gasteiger partial charge in [0.15, 0.2) is 12.6 Å². The number of carbonyl (C=O) groups excluding carboxylic acids is 1. The van der Waals surface area contributed by atoms with Crippen LogP contribution in [0.4, 0.5) is 0 Å². The number of Topliss-reactive ketones (excluding diaryl/α,β-unsaturated/α-hetero) is 1. The number of carbonyl (C=O) groups is 1. The molecule has 0 saturated heterocycles. The van der Waals surface area contributed by atoms with Gasteiger partial charge in [0.25, 0.3) is 0 Å². The van der Waals surface area contributed by atoms with Crippen molar-refractivity contribution in [3.8, 4) is 22.9 Å². The number of nitrogens with zero attached hydrogens (tertiary/aromatic N) is 1. The predicted octanol–water partition coefficient (Wildman–Crippen LogP) is 4.06. The molecule has 0 saturated carbocycles. The molecule has 0 N–H and O–H groups in total. The Kier molecular flexibility index (Phi) is 5.16. The molecule has 2 aromatic rings. The fourth-order valence-corrected chi connectivity index (χ4v) is 2.45. The van der Waals surface area contributed by atoms with E-state index in [4.69, 9.17) is 21.1 Å². The summed E-state index contributed by atoms with van der Waals surface area (Å²) in [5.41, 5.74) is 1.73. The molecule has 0 fully saturated rings. The van der Waals surface area contributed by atoms with E-state index in [9.17, 15) is 10.1 Å². The first-order chi connectivity index (χ1) is 10.6. The maximum absolute atomic E-state index is 12.1. The Morgan fingerprint density at radius 1 is 1.32 bits per heavy atom. The number of ether oxygens (including phenoxy) is 2. The number of ketones is 1. The van der Waals surface area contributed by atoms with E-state index in [1.165, 1.54) is 20.1 Å². The molecular weight excluding hydrogens is 302 g/mol. The number of hydrogen-bond donors (Lipinski definition) is 0. The van der Waals surface area contributed by atoms with Gasteiger partial charge in [-0.3, -0.25) is 4.79 Å². The smallest absolute Gasteiger partial charge is 0.188 e. The highest BCUT2D eigenvalue weighted by atomic mass is 35.5. The minimum atomic E-state index is -0.250. The highest BCUT2D eigenvalue weighted by Crippen LogP contribution is 2.39. The van der Waals surface area contributed by atoms with Gasteiger partial charge in [0.1, 0.15) is 11.8 Å². The van der Waals surface area contributed by atoms with E-state index >= 15 is 0 Å². The van der Waals surface area contributed by atoms with Crippen LogP contribution in [0.15, 0.2) is 36.4 Å². The number of hydrogen-bond acceptors (Lipinski definition) is 4. The van der Waals surface area contributed by atoms with Crippen molar-refractivity contribution < 1.29 is 14.3 Å². The molecule has 0 amide bonds. The summed E-state index contributed by atoms with van der Waals surface area (Å²) in [5, 5.41) is 9.51. The molecule has 0 unspecified atom stereocenters. The minimum Gasteiger partial charge on any atom is -0.467 e. The minimum absolute atomic E-state index is 0.0133. The summed E-state index contributed by atoms with van der Waals surface area (Å²) in [6.45, 7) is 1.42. The average molecular weight is 316 g/mol. The van der Waals surface area contributed by atoms with Gasteiger partial charge in [-0.1, -0.05) is 41.9 Å². The molecule has 0 aliphatic heterocycles. The van der Waals surface area contributed by atoms with Crippen LogP contribution in [0.2, 0.25) is 5.02 Å². The maximum atomic E-state index is 12.1. The Hall–Kier alpha value is -2.35. The molecule has 0 aromatic heterocycles. The van der Waals surface area contributed by atoms with Gasteiger partial charge in [-0.05, 0) is 12.5 Å². The van der Waals surface area contributed by atoms with Crippen LogP contribution in [-0.2, 0) is 4.74 Å². The molecule has 0 aliphatic rings. The largest absolute Gasteiger partial charge is 0.467 e. The van der Waals surface area contributed by atoms with E-state index in [1.54, 1.807) is 0 Å². The number of halogens is 1. The molecular formula is C17H14ClNO3. The average Bonchev–Trinajstić information content (AvgIpc) is 2.52. The van der Waals surface area contributed by atoms with Gasteiger partial charge >= 0.3 is 0 Å². The Balaban J connectivity index is 2.80. The van der Waals surface area contributed by atoms with Crippen LogP contribution in [0, 0.1) is 11.3 Å². The van der Waals surface area contributed by atoms with E-state index in [1.807, 2.05) is 36.4 Å². The van der Waals surface area contributed by atoms with Crippen molar-refractivity contribution in [3.05, 3.63) is 52.5 Å². The van der Waals surface area contributed by atoms with Crippen molar-refractivity contribution in [1.82, 2.24) is 0 Å². The van der Waals surface area contributed by atoms with Crippen molar-refractivity contribution >= 4 is 17.4 Å². The molecule has 2 aromatic carbocycles. The van der Waals surface area contributed by atoms with Crippen LogP contribution in [0.25, 0.3) is 11.1 Å². The molecule has 0 heterocycles. The SMILES string of the molecule is COCOc1cc(Cl)c(C#N)c(C(C)=O)c1-c1ccccc1. The van der Waals surface area contributed by atoms with Gasteiger partial charge in [-0.25, -0.2) is 0 Å². The lowest BCUT2D eigenvalue weighted by atomic mass is 9.92. The third-order valence-electron chi connectivity index (χ3n) is 3.10. The first-order valence-corrected chi connectivity index (χ1v) is 6.92. The monoisotopic (exact) mass is 315 g/mol. The topological polar surface area (TPSA) is 59.3 Å². The molecule has 0 bridgehead atoms. The van der Waals surface area contributed by atoms with E-state index in [2.05, 4.69) is 0 Å². The molecule has 0 aliphatic carbocycles. The fourth-order valence-electron chi connectivity index (χ4n) is 2.22. The Morgan fingerprint density at radius 2 is 2.00 bits per heavy atom. The van der Waals surface area contributed by atoms with Gasteiger partial charge < -0.3 is 9.47 Å².